The largest absolute Gasteiger partial charge is 0.481 e. The normalized spacial score (nSPS) is 10.6. The number of ether oxygens (including phenoxy) is 2. The van der Waals surface area contributed by atoms with Crippen LogP contribution in [-0.4, -0.2) is 121 Å². The number of carbonyl (C=O) groups excluding carboxylic acids is 4. The van der Waals surface area contributed by atoms with Crippen LogP contribution in [0.3, 0.4) is 0 Å². The topological polar surface area (TPSA) is 261 Å². The van der Waals surface area contributed by atoms with E-state index in [4.69, 9.17) is 20.3 Å². The van der Waals surface area contributed by atoms with E-state index in [0.29, 0.717) is 82.0 Å². The molecule has 10 rings (SSSR count). The maximum atomic E-state index is 12.7. The molecule has 0 atom stereocenters. The van der Waals surface area contributed by atoms with Gasteiger partial charge in [0.15, 0.2) is 0 Å². The first-order valence-corrected chi connectivity index (χ1v) is 28.4. The molecule has 454 valence electrons. The zero-order valence-corrected chi connectivity index (χ0v) is 50.9. The number of nitrogen functional groups attached to an aromatic ring is 1. The van der Waals surface area contributed by atoms with E-state index in [0.717, 1.165) is 55.3 Å². The SMILES string of the molecule is CN(C)c1nc(Cc2ccc(NC(=O)c3ccc4ccccc4c3)cc2)ncc1CC(=O)O.COC(=O)Cc1cnc(Cc2ccc(N)cc2)nc1N(C)C.COC(=O)Cc1cnc(Cc2ccc(NC(=O)c3ccc4ccccc4c3)cc2)nc1N(C)C. The lowest BCUT2D eigenvalue weighted by atomic mass is 10.1. The molecule has 20 heteroatoms. The number of carbonyl (C=O) groups is 5. The minimum absolute atomic E-state index is 0.121. The van der Waals surface area contributed by atoms with Crippen molar-refractivity contribution in [2.75, 3.05) is 87.6 Å². The summed E-state index contributed by atoms with van der Waals surface area (Å²) in [4.78, 5) is 91.9. The minimum Gasteiger partial charge on any atom is -0.481 e. The lowest BCUT2D eigenvalue weighted by Crippen LogP contribution is -2.17. The molecule has 5 N–H and O–H groups in total. The monoisotopic (exact) mass is 1190 g/mol. The maximum Gasteiger partial charge on any atom is 0.310 e. The Labute approximate surface area is 516 Å². The number of anilines is 6. The molecule has 0 spiro atoms. The van der Waals surface area contributed by atoms with E-state index in [1.807, 2.05) is 210 Å². The smallest absolute Gasteiger partial charge is 0.310 e. The van der Waals surface area contributed by atoms with Crippen LogP contribution < -0.4 is 31.1 Å². The second kappa shape index (κ2) is 30.3. The van der Waals surface area contributed by atoms with E-state index in [2.05, 4.69) is 40.5 Å². The number of nitrogens with one attached hydrogen (secondary N) is 2. The number of amides is 2. The number of hydrogen-bond acceptors (Lipinski definition) is 17. The molecule has 2 amide bonds. The number of aromatic nitrogens is 6. The van der Waals surface area contributed by atoms with E-state index < -0.39 is 5.97 Å². The van der Waals surface area contributed by atoms with Crippen LogP contribution in [0.4, 0.5) is 34.5 Å². The lowest BCUT2D eigenvalue weighted by Gasteiger charge is -2.16. The van der Waals surface area contributed by atoms with E-state index in [1.54, 1.807) is 23.5 Å². The molecular weight excluding hydrogens is 1120 g/mol. The molecule has 0 fully saturated rings. The summed E-state index contributed by atoms with van der Waals surface area (Å²) in [6.07, 6.45) is 6.72. The van der Waals surface area contributed by atoms with Crippen LogP contribution in [0.2, 0.25) is 0 Å². The number of esters is 2. The van der Waals surface area contributed by atoms with Crippen molar-refractivity contribution in [1.82, 2.24) is 29.9 Å². The first-order chi connectivity index (χ1) is 42.8. The van der Waals surface area contributed by atoms with Crippen molar-refractivity contribution < 1.29 is 38.6 Å². The quantitative estimate of drug-likeness (QED) is 0.0433. The summed E-state index contributed by atoms with van der Waals surface area (Å²) in [6, 6.07) is 50.0. The average molecular weight is 1200 g/mol. The highest BCUT2D eigenvalue weighted by molar-refractivity contribution is 6.07. The summed E-state index contributed by atoms with van der Waals surface area (Å²) in [5.74, 6) is 2.07. The van der Waals surface area contributed by atoms with Crippen LogP contribution in [-0.2, 0) is 62.4 Å². The average Bonchev–Trinajstić information content (AvgIpc) is 3.29. The molecule has 7 aromatic carbocycles. The van der Waals surface area contributed by atoms with Gasteiger partial charge in [0, 0.05) is 125 Å². The lowest BCUT2D eigenvalue weighted by molar-refractivity contribution is -0.140. The molecule has 89 heavy (non-hydrogen) atoms. The Hall–Kier alpha value is -11.2. The summed E-state index contributed by atoms with van der Waals surface area (Å²) >= 11 is 0. The number of nitrogens with two attached hydrogens (primary N) is 1. The summed E-state index contributed by atoms with van der Waals surface area (Å²) in [6.45, 7) is 0. The Balaban J connectivity index is 0.000000177. The molecule has 0 aliphatic heterocycles. The molecule has 0 radical (unpaired) electrons. The highest BCUT2D eigenvalue weighted by atomic mass is 16.5. The zero-order chi connectivity index (χ0) is 63.6. The molecular formula is C69H70N12O8. The van der Waals surface area contributed by atoms with Crippen LogP contribution >= 0.6 is 0 Å². The van der Waals surface area contributed by atoms with Crippen molar-refractivity contribution in [1.29, 1.82) is 0 Å². The Morgan fingerprint density at radius 1 is 0.438 bits per heavy atom. The van der Waals surface area contributed by atoms with Crippen molar-refractivity contribution in [2.45, 2.75) is 38.5 Å². The van der Waals surface area contributed by atoms with Crippen molar-refractivity contribution >= 4 is 85.8 Å². The molecule has 0 aliphatic rings. The van der Waals surface area contributed by atoms with Crippen LogP contribution in [0.1, 0.15) is 71.6 Å². The number of methoxy groups -OCH3 is 2. The molecule has 3 heterocycles. The van der Waals surface area contributed by atoms with E-state index in [9.17, 15) is 24.0 Å². The predicted octanol–water partition coefficient (Wildman–Crippen LogP) is 9.85. The van der Waals surface area contributed by atoms with Crippen LogP contribution in [0.15, 0.2) is 176 Å². The first-order valence-electron chi connectivity index (χ1n) is 28.4. The van der Waals surface area contributed by atoms with Gasteiger partial charge in [-0.2, -0.15) is 0 Å². The van der Waals surface area contributed by atoms with E-state index in [-0.39, 0.29) is 43.0 Å². The van der Waals surface area contributed by atoms with Crippen LogP contribution in [0.5, 0.6) is 0 Å². The predicted molar refractivity (Wildman–Crippen MR) is 348 cm³/mol. The van der Waals surface area contributed by atoms with Gasteiger partial charge in [0.05, 0.1) is 33.5 Å². The van der Waals surface area contributed by atoms with Crippen molar-refractivity contribution in [3.8, 4) is 0 Å². The maximum absolute atomic E-state index is 12.7. The number of aliphatic carboxylic acids is 1. The fourth-order valence-corrected chi connectivity index (χ4v) is 9.37. The third kappa shape index (κ3) is 18.2. The van der Waals surface area contributed by atoms with E-state index >= 15 is 0 Å². The second-order valence-corrected chi connectivity index (χ2v) is 21.4. The first kappa shape index (κ1) is 63.9. The molecule has 3 aromatic heterocycles. The van der Waals surface area contributed by atoms with Gasteiger partial charge in [-0.15, -0.1) is 0 Å². The molecule has 0 saturated carbocycles. The van der Waals surface area contributed by atoms with Gasteiger partial charge in [0.25, 0.3) is 11.8 Å². The Kier molecular flexibility index (Phi) is 21.7. The summed E-state index contributed by atoms with van der Waals surface area (Å²) in [5, 5.41) is 19.2. The van der Waals surface area contributed by atoms with Crippen molar-refractivity contribution in [3.63, 3.8) is 0 Å². The molecule has 20 nitrogen and oxygen atoms in total. The van der Waals surface area contributed by atoms with Gasteiger partial charge >= 0.3 is 17.9 Å². The summed E-state index contributed by atoms with van der Waals surface area (Å²) < 4.78 is 9.46. The highest BCUT2D eigenvalue weighted by Gasteiger charge is 2.18. The number of nitrogens with zero attached hydrogens (tertiary/aromatic N) is 9. The van der Waals surface area contributed by atoms with Crippen LogP contribution in [0, 0.1) is 0 Å². The van der Waals surface area contributed by atoms with Gasteiger partial charge in [-0.05, 0) is 98.9 Å². The molecule has 0 bridgehead atoms. The number of hydrogen-bond donors (Lipinski definition) is 4. The molecule has 0 aliphatic carbocycles. The number of rotatable bonds is 19. The number of benzene rings is 7. The van der Waals surface area contributed by atoms with Gasteiger partial charge in [0.2, 0.25) is 0 Å². The third-order valence-corrected chi connectivity index (χ3v) is 13.9. The van der Waals surface area contributed by atoms with Crippen molar-refractivity contribution in [3.05, 3.63) is 238 Å². The second-order valence-electron chi connectivity index (χ2n) is 21.4. The van der Waals surface area contributed by atoms with Crippen molar-refractivity contribution in [2.24, 2.45) is 0 Å². The Bertz CT molecular complexity index is 4120. The minimum atomic E-state index is -0.921. The Morgan fingerprint density at radius 2 is 0.764 bits per heavy atom. The summed E-state index contributed by atoms with van der Waals surface area (Å²) in [5.41, 5.74) is 14.1. The van der Waals surface area contributed by atoms with Gasteiger partial charge < -0.3 is 45.6 Å². The van der Waals surface area contributed by atoms with Crippen LogP contribution in [0.25, 0.3) is 21.5 Å². The summed E-state index contributed by atoms with van der Waals surface area (Å²) in [7, 11) is 13.9. The standard InChI is InChI=1S/C27H26N4O3.C26H24N4O3.C16H20N4O2/c1-31(2)26-22(16-25(32)34-3)17-28-24(30-26)14-18-8-12-23(13-9-18)29-27(33)21-11-10-19-6-4-5-7-20(19)15-21;1-30(2)25-21(15-24(31)32)16-27-23(29-25)13-17-7-11-22(12-8-17)28-26(33)20-10-9-18-5-3-4-6-19(18)14-20;1-20(2)16-12(9-15(21)22-3)10-18-14(19-16)8-11-4-6-13(17)7-5-11/h4-13,15,17H,14,16H2,1-3H3,(H,29,33);3-12,14,16H,13,15H2,1-2H3,(H,28,33)(H,31,32);4-7,10H,8-9,17H2,1-3H3. The van der Waals surface area contributed by atoms with Gasteiger partial charge in [-0.25, -0.2) is 29.9 Å². The molecule has 10 aromatic rings. The van der Waals surface area contributed by atoms with Gasteiger partial charge in [-0.1, -0.05) is 97.1 Å². The fourth-order valence-electron chi connectivity index (χ4n) is 9.37. The van der Waals surface area contributed by atoms with E-state index in [1.165, 1.54) is 14.2 Å². The highest BCUT2D eigenvalue weighted by Crippen LogP contribution is 2.24. The molecule has 0 saturated heterocycles. The number of fused-ring (bicyclic) bond motifs is 2. The number of carboxylic acid groups (broad SMARTS) is 1. The van der Waals surface area contributed by atoms with Gasteiger partial charge in [-0.3, -0.25) is 24.0 Å². The van der Waals surface area contributed by atoms with Gasteiger partial charge in [0.1, 0.15) is 34.9 Å². The third-order valence-electron chi connectivity index (χ3n) is 13.9. The Morgan fingerprint density at radius 3 is 1.09 bits per heavy atom. The molecule has 0 unspecified atom stereocenters. The number of carboxylic acids is 1. The zero-order valence-electron chi connectivity index (χ0n) is 50.9. The fraction of sp³-hybridized carbons (Fsp3) is 0.203.